The van der Waals surface area contributed by atoms with Crippen LogP contribution in [0.25, 0.3) is 10.8 Å². The van der Waals surface area contributed by atoms with Crippen molar-refractivity contribution in [1.29, 1.82) is 0 Å². The molecule has 0 radical (unpaired) electrons. The van der Waals surface area contributed by atoms with Crippen molar-refractivity contribution in [1.82, 2.24) is 0 Å². The van der Waals surface area contributed by atoms with Gasteiger partial charge in [-0.2, -0.15) is 0 Å². The molecule has 0 aliphatic carbocycles. The fraction of sp³-hybridized carbons (Fsp3) is 0.0690. The van der Waals surface area contributed by atoms with Gasteiger partial charge in [-0.3, -0.25) is 14.9 Å². The number of nitro groups is 1. The Morgan fingerprint density at radius 1 is 0.946 bits per heavy atom. The Bertz CT molecular complexity index is 1590. The lowest BCUT2D eigenvalue weighted by molar-refractivity contribution is -0.385. The molecule has 1 aromatic heterocycles. The van der Waals surface area contributed by atoms with Crippen LogP contribution < -0.4 is 10.1 Å². The van der Waals surface area contributed by atoms with E-state index in [1.807, 2.05) is 73.7 Å². The van der Waals surface area contributed by atoms with E-state index in [1.54, 1.807) is 18.2 Å². The van der Waals surface area contributed by atoms with Crippen LogP contribution in [-0.2, 0) is 6.61 Å². The molecule has 1 heterocycles. The molecule has 5 rings (SSSR count). The topological polar surface area (TPSA) is 94.6 Å². The van der Waals surface area contributed by atoms with E-state index in [4.69, 9.17) is 9.15 Å². The van der Waals surface area contributed by atoms with Gasteiger partial charge in [0.15, 0.2) is 5.76 Å². The summed E-state index contributed by atoms with van der Waals surface area (Å²) in [5, 5.41) is 16.2. The summed E-state index contributed by atoms with van der Waals surface area (Å²) >= 11 is 1.38. The van der Waals surface area contributed by atoms with Crippen molar-refractivity contribution >= 4 is 39.8 Å². The van der Waals surface area contributed by atoms with Crippen molar-refractivity contribution in [3.8, 4) is 5.75 Å². The van der Waals surface area contributed by atoms with Gasteiger partial charge in [0.2, 0.25) is 0 Å². The Morgan fingerprint density at radius 3 is 2.54 bits per heavy atom. The Labute approximate surface area is 217 Å². The lowest BCUT2D eigenvalue weighted by Crippen LogP contribution is -2.11. The number of hydrogen-bond donors (Lipinski definition) is 1. The van der Waals surface area contributed by atoms with Gasteiger partial charge in [-0.05, 0) is 48.7 Å². The molecule has 0 saturated carbocycles. The van der Waals surface area contributed by atoms with Gasteiger partial charge in [0.25, 0.3) is 11.6 Å². The van der Waals surface area contributed by atoms with E-state index in [-0.39, 0.29) is 18.1 Å². The number of carbonyl (C=O) groups excluding carboxylic acids is 1. The average Bonchev–Trinajstić information content (AvgIpc) is 3.38. The number of benzene rings is 4. The van der Waals surface area contributed by atoms with Crippen LogP contribution in [0.5, 0.6) is 5.75 Å². The Hall–Kier alpha value is -4.56. The van der Waals surface area contributed by atoms with Crippen LogP contribution in [0.3, 0.4) is 0 Å². The first-order chi connectivity index (χ1) is 17.9. The third-order valence-corrected chi connectivity index (χ3v) is 6.60. The summed E-state index contributed by atoms with van der Waals surface area (Å²) in [5.74, 6) is 0.766. The predicted molar refractivity (Wildman–Crippen MR) is 143 cm³/mol. The van der Waals surface area contributed by atoms with E-state index >= 15 is 0 Å². The van der Waals surface area contributed by atoms with Gasteiger partial charge in [-0.25, -0.2) is 0 Å². The molecule has 1 N–H and O–H groups in total. The summed E-state index contributed by atoms with van der Waals surface area (Å²) in [6.07, 6.45) is 0. The summed E-state index contributed by atoms with van der Waals surface area (Å²) in [4.78, 5) is 25.4. The van der Waals surface area contributed by atoms with Crippen LogP contribution in [0.15, 0.2) is 111 Å². The zero-order chi connectivity index (χ0) is 25.8. The highest BCUT2D eigenvalue weighted by Crippen LogP contribution is 2.33. The molecular formula is C29H22N2O5S. The van der Waals surface area contributed by atoms with Crippen molar-refractivity contribution in [3.05, 3.63) is 124 Å². The first-order valence-corrected chi connectivity index (χ1v) is 12.3. The number of ether oxygens (including phenoxy) is 1. The van der Waals surface area contributed by atoms with Crippen LogP contribution in [-0.4, -0.2) is 10.8 Å². The number of nitrogens with one attached hydrogen (secondary N) is 1. The highest BCUT2D eigenvalue weighted by Gasteiger charge is 2.16. The van der Waals surface area contributed by atoms with Crippen LogP contribution in [0, 0.1) is 17.0 Å². The molecule has 4 aromatic carbocycles. The maximum absolute atomic E-state index is 12.8. The quantitative estimate of drug-likeness (QED) is 0.170. The van der Waals surface area contributed by atoms with Gasteiger partial charge in [0.1, 0.15) is 18.1 Å². The van der Waals surface area contributed by atoms with Crippen molar-refractivity contribution in [3.63, 3.8) is 0 Å². The standard InChI is InChI=1S/C29H22N2O5S/c1-19-9-12-24(13-10-19)37-25-16-21(15-22(17-25)31(33)34)30-29(32)28-14-11-23(36-28)18-35-27-8-4-6-20-5-2-3-7-26(20)27/h2-17H,18H2,1H3,(H,30,32). The van der Waals surface area contributed by atoms with E-state index in [9.17, 15) is 14.9 Å². The monoisotopic (exact) mass is 510 g/mol. The Balaban J connectivity index is 1.29. The number of anilines is 1. The van der Waals surface area contributed by atoms with Gasteiger partial charge in [-0.15, -0.1) is 0 Å². The molecule has 0 bridgehead atoms. The zero-order valence-electron chi connectivity index (χ0n) is 19.8. The maximum Gasteiger partial charge on any atom is 0.291 e. The van der Waals surface area contributed by atoms with Gasteiger partial charge < -0.3 is 14.5 Å². The Morgan fingerprint density at radius 2 is 1.73 bits per heavy atom. The summed E-state index contributed by atoms with van der Waals surface area (Å²) in [6.45, 7) is 2.14. The van der Waals surface area contributed by atoms with Crippen LogP contribution in [0.4, 0.5) is 11.4 Å². The van der Waals surface area contributed by atoms with E-state index in [0.717, 1.165) is 27.0 Å². The minimum absolute atomic E-state index is 0.0794. The minimum atomic E-state index is -0.511. The molecule has 0 saturated heterocycles. The van der Waals surface area contributed by atoms with Crippen molar-refractivity contribution in [2.75, 3.05) is 5.32 Å². The summed E-state index contributed by atoms with van der Waals surface area (Å²) in [5.41, 5.74) is 1.31. The minimum Gasteiger partial charge on any atom is -0.485 e. The van der Waals surface area contributed by atoms with Crippen LogP contribution >= 0.6 is 11.8 Å². The molecule has 0 fully saturated rings. The molecule has 184 valence electrons. The number of rotatable bonds is 8. The zero-order valence-corrected chi connectivity index (χ0v) is 20.7. The molecule has 37 heavy (non-hydrogen) atoms. The number of hydrogen-bond acceptors (Lipinski definition) is 6. The second-order valence-electron chi connectivity index (χ2n) is 8.37. The second-order valence-corrected chi connectivity index (χ2v) is 9.52. The van der Waals surface area contributed by atoms with E-state index < -0.39 is 10.8 Å². The molecular weight excluding hydrogens is 488 g/mol. The van der Waals surface area contributed by atoms with Gasteiger partial charge >= 0.3 is 0 Å². The van der Waals surface area contributed by atoms with Gasteiger partial charge in [-0.1, -0.05) is 65.9 Å². The molecule has 0 unspecified atom stereocenters. The van der Waals surface area contributed by atoms with E-state index in [2.05, 4.69) is 5.32 Å². The molecule has 0 spiro atoms. The lowest BCUT2D eigenvalue weighted by atomic mass is 10.1. The number of nitrogens with zero attached hydrogens (tertiary/aromatic N) is 1. The number of non-ortho nitro benzene ring substituents is 1. The molecule has 0 aliphatic rings. The fourth-order valence-electron chi connectivity index (χ4n) is 3.80. The molecule has 7 nitrogen and oxygen atoms in total. The number of fused-ring (bicyclic) bond motifs is 1. The first-order valence-electron chi connectivity index (χ1n) is 11.5. The third kappa shape index (κ3) is 5.82. The number of amides is 1. The van der Waals surface area contributed by atoms with Gasteiger partial charge in [0, 0.05) is 33.0 Å². The highest BCUT2D eigenvalue weighted by atomic mass is 32.2. The van der Waals surface area contributed by atoms with E-state index in [0.29, 0.717) is 16.3 Å². The number of nitro benzene ring substituents is 1. The average molecular weight is 511 g/mol. The first kappa shape index (κ1) is 24.1. The molecule has 0 atom stereocenters. The van der Waals surface area contributed by atoms with Crippen molar-refractivity contribution < 1.29 is 18.9 Å². The van der Waals surface area contributed by atoms with Crippen molar-refractivity contribution in [2.24, 2.45) is 0 Å². The highest BCUT2D eigenvalue weighted by molar-refractivity contribution is 7.99. The number of aryl methyl sites for hydroxylation is 1. The summed E-state index contributed by atoms with van der Waals surface area (Å²) in [6, 6.07) is 29.3. The molecule has 1 amide bonds. The summed E-state index contributed by atoms with van der Waals surface area (Å²) in [7, 11) is 0. The van der Waals surface area contributed by atoms with Crippen molar-refractivity contribution in [2.45, 2.75) is 23.3 Å². The predicted octanol–water partition coefficient (Wildman–Crippen LogP) is 7.63. The number of carbonyl (C=O) groups is 1. The maximum atomic E-state index is 12.8. The van der Waals surface area contributed by atoms with Crippen LogP contribution in [0.1, 0.15) is 21.9 Å². The fourth-order valence-corrected chi connectivity index (χ4v) is 4.71. The van der Waals surface area contributed by atoms with Gasteiger partial charge in [0.05, 0.1) is 4.92 Å². The largest absolute Gasteiger partial charge is 0.485 e. The Kier molecular flexibility index (Phi) is 6.91. The number of furan rings is 1. The third-order valence-electron chi connectivity index (χ3n) is 5.62. The molecule has 0 aliphatic heterocycles. The second kappa shape index (κ2) is 10.6. The molecule has 8 heteroatoms. The molecule has 5 aromatic rings. The van der Waals surface area contributed by atoms with E-state index in [1.165, 1.54) is 23.9 Å². The normalized spacial score (nSPS) is 10.8. The van der Waals surface area contributed by atoms with Crippen LogP contribution in [0.2, 0.25) is 0 Å². The SMILES string of the molecule is Cc1ccc(Sc2cc(NC(=O)c3ccc(COc4cccc5ccccc45)o3)cc([N+](=O)[O-])c2)cc1. The smallest absolute Gasteiger partial charge is 0.291 e. The summed E-state index contributed by atoms with van der Waals surface area (Å²) < 4.78 is 11.6. The lowest BCUT2D eigenvalue weighted by Gasteiger charge is -2.08.